The highest BCUT2D eigenvalue weighted by atomic mass is 35.5. The highest BCUT2D eigenvalue weighted by Crippen LogP contribution is 2.23. The Morgan fingerprint density at radius 1 is 1.09 bits per heavy atom. The maximum atomic E-state index is 12.3. The number of rotatable bonds is 5. The lowest BCUT2D eigenvalue weighted by Gasteiger charge is -2.10. The number of hydrogen-bond donors (Lipinski definition) is 2. The van der Waals surface area contributed by atoms with Crippen LogP contribution in [0.5, 0.6) is 0 Å². The van der Waals surface area contributed by atoms with Crippen LogP contribution < -0.4 is 10.6 Å². The Bertz CT molecular complexity index is 739. The van der Waals surface area contributed by atoms with Gasteiger partial charge in [-0.2, -0.15) is 0 Å². The second kappa shape index (κ2) is 7.61. The zero-order chi connectivity index (χ0) is 16.8. The summed E-state index contributed by atoms with van der Waals surface area (Å²) in [5, 5.41) is 6.09. The second-order valence-electron chi connectivity index (χ2n) is 4.94. The van der Waals surface area contributed by atoms with E-state index in [0.29, 0.717) is 28.4 Å². The number of amides is 2. The average Bonchev–Trinajstić information content (AvgIpc) is 2.57. The van der Waals surface area contributed by atoms with Crippen LogP contribution in [-0.2, 0) is 0 Å². The van der Waals surface area contributed by atoms with Crippen molar-refractivity contribution in [3.8, 4) is 0 Å². The Morgan fingerprint density at radius 3 is 2.30 bits per heavy atom. The summed E-state index contributed by atoms with van der Waals surface area (Å²) in [5.41, 5.74) is 2.42. The fourth-order valence-corrected chi connectivity index (χ4v) is 2.15. The number of halogens is 1. The summed E-state index contributed by atoms with van der Waals surface area (Å²) >= 11 is 6.04. The van der Waals surface area contributed by atoms with Gasteiger partial charge in [-0.3, -0.25) is 9.59 Å². The summed E-state index contributed by atoms with van der Waals surface area (Å²) in [6.45, 7) is 5.78. The molecule has 0 heterocycles. The van der Waals surface area contributed by atoms with E-state index in [0.717, 1.165) is 5.56 Å². The highest BCUT2D eigenvalue weighted by molar-refractivity contribution is 6.31. The number of nitrogens with one attached hydrogen (secondary N) is 2. The predicted octanol–water partition coefficient (Wildman–Crippen LogP) is 3.82. The third-order valence-corrected chi connectivity index (χ3v) is 3.74. The first kappa shape index (κ1) is 16.8. The molecule has 0 fully saturated rings. The average molecular weight is 329 g/mol. The Labute approximate surface area is 140 Å². The van der Waals surface area contributed by atoms with Crippen molar-refractivity contribution in [2.24, 2.45) is 0 Å². The molecule has 0 aliphatic heterocycles. The second-order valence-corrected chi connectivity index (χ2v) is 5.35. The topological polar surface area (TPSA) is 58.2 Å². The van der Waals surface area contributed by atoms with Crippen molar-refractivity contribution in [1.82, 2.24) is 5.32 Å². The number of carbonyl (C=O) groups is 2. The Morgan fingerprint density at radius 2 is 1.70 bits per heavy atom. The lowest BCUT2D eigenvalue weighted by atomic mass is 10.1. The molecule has 118 valence electrons. The summed E-state index contributed by atoms with van der Waals surface area (Å²) in [6, 6.07) is 11.8. The number of benzene rings is 2. The summed E-state index contributed by atoms with van der Waals surface area (Å²) in [4.78, 5) is 24.0. The van der Waals surface area contributed by atoms with Crippen LogP contribution in [-0.4, -0.2) is 18.4 Å². The van der Waals surface area contributed by atoms with Crippen molar-refractivity contribution in [3.63, 3.8) is 0 Å². The standard InChI is InChI=1S/C18H17ClN2O2/c1-3-11-20-17(22)13-7-9-14(10-8-13)18(23)21-16-6-4-5-15(19)12(16)2/h3-10H,1,11H2,2H3,(H,20,22)(H,21,23). The molecule has 23 heavy (non-hydrogen) atoms. The Hall–Kier alpha value is -2.59. The molecule has 2 rings (SSSR count). The third kappa shape index (κ3) is 4.20. The minimum Gasteiger partial charge on any atom is -0.349 e. The van der Waals surface area contributed by atoms with Crippen molar-refractivity contribution in [2.45, 2.75) is 6.92 Å². The van der Waals surface area contributed by atoms with Crippen molar-refractivity contribution in [2.75, 3.05) is 11.9 Å². The quantitative estimate of drug-likeness (QED) is 0.820. The van der Waals surface area contributed by atoms with Crippen LogP contribution >= 0.6 is 11.6 Å². The zero-order valence-electron chi connectivity index (χ0n) is 12.7. The molecule has 0 atom stereocenters. The minimum absolute atomic E-state index is 0.206. The number of anilines is 1. The van der Waals surface area contributed by atoms with E-state index in [4.69, 9.17) is 11.6 Å². The van der Waals surface area contributed by atoms with E-state index in [1.165, 1.54) is 0 Å². The molecular weight excluding hydrogens is 312 g/mol. The Kier molecular flexibility index (Phi) is 5.55. The van der Waals surface area contributed by atoms with Gasteiger partial charge in [-0.1, -0.05) is 23.7 Å². The first-order valence-corrected chi connectivity index (χ1v) is 7.46. The van der Waals surface area contributed by atoms with Gasteiger partial charge in [-0.25, -0.2) is 0 Å². The van der Waals surface area contributed by atoms with Gasteiger partial charge < -0.3 is 10.6 Å². The molecular formula is C18H17ClN2O2. The summed E-state index contributed by atoms with van der Waals surface area (Å²) in [7, 11) is 0. The first-order valence-electron chi connectivity index (χ1n) is 7.08. The number of carbonyl (C=O) groups excluding carboxylic acids is 2. The van der Waals surface area contributed by atoms with Gasteiger partial charge in [0.2, 0.25) is 0 Å². The predicted molar refractivity (Wildman–Crippen MR) is 93.1 cm³/mol. The lowest BCUT2D eigenvalue weighted by Crippen LogP contribution is -2.23. The molecule has 0 unspecified atom stereocenters. The van der Waals surface area contributed by atoms with Gasteiger partial charge in [0.25, 0.3) is 11.8 Å². The maximum absolute atomic E-state index is 12.3. The van der Waals surface area contributed by atoms with Gasteiger partial charge >= 0.3 is 0 Å². The van der Waals surface area contributed by atoms with Crippen LogP contribution in [0, 0.1) is 6.92 Å². The molecule has 0 spiro atoms. The summed E-state index contributed by atoms with van der Waals surface area (Å²) in [5.74, 6) is -0.462. The van der Waals surface area contributed by atoms with Gasteiger partial charge in [0.1, 0.15) is 0 Å². The summed E-state index contributed by atoms with van der Waals surface area (Å²) < 4.78 is 0. The molecule has 0 aliphatic rings. The van der Waals surface area contributed by atoms with E-state index in [1.54, 1.807) is 48.5 Å². The van der Waals surface area contributed by atoms with Crippen LogP contribution in [0.3, 0.4) is 0 Å². The normalized spacial score (nSPS) is 10.0. The maximum Gasteiger partial charge on any atom is 0.255 e. The van der Waals surface area contributed by atoms with Crippen LogP contribution in [0.15, 0.2) is 55.1 Å². The van der Waals surface area contributed by atoms with Crippen molar-refractivity contribution in [3.05, 3.63) is 76.8 Å². The number of hydrogen-bond acceptors (Lipinski definition) is 2. The smallest absolute Gasteiger partial charge is 0.255 e. The van der Waals surface area contributed by atoms with Crippen LogP contribution in [0.4, 0.5) is 5.69 Å². The summed E-state index contributed by atoms with van der Waals surface area (Å²) in [6.07, 6.45) is 1.60. The molecule has 0 bridgehead atoms. The fourth-order valence-electron chi connectivity index (χ4n) is 1.98. The fraction of sp³-hybridized carbons (Fsp3) is 0.111. The Balaban J connectivity index is 2.10. The molecule has 2 aromatic rings. The van der Waals surface area contributed by atoms with Gasteiger partial charge in [-0.15, -0.1) is 6.58 Å². The molecule has 0 saturated heterocycles. The van der Waals surface area contributed by atoms with Gasteiger partial charge in [0.05, 0.1) is 0 Å². The van der Waals surface area contributed by atoms with E-state index in [2.05, 4.69) is 17.2 Å². The molecule has 0 saturated carbocycles. The van der Waals surface area contributed by atoms with Crippen LogP contribution in [0.1, 0.15) is 26.3 Å². The van der Waals surface area contributed by atoms with E-state index in [1.807, 2.05) is 6.92 Å². The van der Waals surface area contributed by atoms with Crippen molar-refractivity contribution < 1.29 is 9.59 Å². The SMILES string of the molecule is C=CCNC(=O)c1ccc(C(=O)Nc2cccc(Cl)c2C)cc1. The van der Waals surface area contributed by atoms with Crippen LogP contribution in [0.2, 0.25) is 5.02 Å². The van der Waals surface area contributed by atoms with Gasteiger partial charge in [-0.05, 0) is 48.9 Å². The molecule has 2 amide bonds. The van der Waals surface area contributed by atoms with E-state index < -0.39 is 0 Å². The highest BCUT2D eigenvalue weighted by Gasteiger charge is 2.10. The molecule has 5 heteroatoms. The molecule has 2 aromatic carbocycles. The molecule has 0 radical (unpaired) electrons. The van der Waals surface area contributed by atoms with Gasteiger partial charge in [0, 0.05) is 28.4 Å². The molecule has 2 N–H and O–H groups in total. The van der Waals surface area contributed by atoms with E-state index in [-0.39, 0.29) is 11.8 Å². The van der Waals surface area contributed by atoms with Crippen molar-refractivity contribution in [1.29, 1.82) is 0 Å². The molecule has 4 nitrogen and oxygen atoms in total. The first-order chi connectivity index (χ1) is 11.0. The van der Waals surface area contributed by atoms with E-state index in [9.17, 15) is 9.59 Å². The van der Waals surface area contributed by atoms with Gasteiger partial charge in [0.15, 0.2) is 0 Å². The minimum atomic E-state index is -0.256. The van der Waals surface area contributed by atoms with Crippen LogP contribution in [0.25, 0.3) is 0 Å². The monoisotopic (exact) mass is 328 g/mol. The largest absolute Gasteiger partial charge is 0.349 e. The zero-order valence-corrected chi connectivity index (χ0v) is 13.5. The molecule has 0 aliphatic carbocycles. The van der Waals surface area contributed by atoms with Crippen molar-refractivity contribution >= 4 is 29.1 Å². The molecule has 0 aromatic heterocycles. The third-order valence-electron chi connectivity index (χ3n) is 3.33. The lowest BCUT2D eigenvalue weighted by molar-refractivity contribution is 0.0956. The van der Waals surface area contributed by atoms with E-state index >= 15 is 0 Å².